The Hall–Kier alpha value is -3.19. The topological polar surface area (TPSA) is 172 Å². The summed E-state index contributed by atoms with van der Waals surface area (Å²) in [6, 6.07) is 6.17. The first-order chi connectivity index (χ1) is 17.2. The van der Waals surface area contributed by atoms with Gasteiger partial charge in [0, 0.05) is 35.5 Å². The second kappa shape index (κ2) is 10.3. The summed E-state index contributed by atoms with van der Waals surface area (Å²) in [4.78, 5) is 55.3. The van der Waals surface area contributed by atoms with Gasteiger partial charge in [0.25, 0.3) is 16.4 Å². The first kappa shape index (κ1) is 26.9. The number of nitrogens with two attached hydrogens (primary N) is 2. The number of hydrogen-bond acceptors (Lipinski definition) is 10. The maximum atomic E-state index is 11.9. The zero-order valence-electron chi connectivity index (χ0n) is 19.7. The highest BCUT2D eigenvalue weighted by molar-refractivity contribution is 7.99. The summed E-state index contributed by atoms with van der Waals surface area (Å²) in [6.45, 7) is 3.87. The van der Waals surface area contributed by atoms with Gasteiger partial charge in [-0.25, -0.2) is 9.78 Å². The Labute approximate surface area is 224 Å². The van der Waals surface area contributed by atoms with Crippen LogP contribution in [0.4, 0.5) is 11.4 Å². The van der Waals surface area contributed by atoms with Crippen LogP contribution in [0.1, 0.15) is 49.9 Å². The van der Waals surface area contributed by atoms with E-state index in [0.29, 0.717) is 35.5 Å². The molecule has 2 aromatic heterocycles. The molecule has 10 nitrogen and oxygen atoms in total. The van der Waals surface area contributed by atoms with E-state index in [-0.39, 0.29) is 34.7 Å². The molecule has 1 atom stereocenters. The van der Waals surface area contributed by atoms with E-state index < -0.39 is 16.8 Å². The fourth-order valence-corrected chi connectivity index (χ4v) is 7.20. The molecule has 13 heteroatoms. The minimum Gasteiger partial charge on any atom is -0.475 e. The number of aromatic amines is 1. The van der Waals surface area contributed by atoms with Gasteiger partial charge in [-0.1, -0.05) is 18.2 Å². The van der Waals surface area contributed by atoms with Crippen LogP contribution in [0.5, 0.6) is 0 Å². The van der Waals surface area contributed by atoms with Crippen LogP contribution in [0.2, 0.25) is 0 Å². The van der Waals surface area contributed by atoms with Crippen molar-refractivity contribution in [1.29, 1.82) is 0 Å². The van der Waals surface area contributed by atoms with Crippen molar-refractivity contribution < 1.29 is 9.90 Å². The number of H-pyrrole nitrogens is 1. The molecular weight excluding hydrogens is 538 g/mol. The van der Waals surface area contributed by atoms with E-state index in [1.807, 2.05) is 17.9 Å². The predicted octanol–water partition coefficient (Wildman–Crippen LogP) is 2.30. The number of carboxylic acid groups (broad SMARTS) is 1. The number of halogens is 1. The Balaban J connectivity index is 0.000000169. The molecule has 0 aliphatic carbocycles. The van der Waals surface area contributed by atoms with Gasteiger partial charge in [-0.2, -0.15) is 0 Å². The van der Waals surface area contributed by atoms with Gasteiger partial charge in [0.05, 0.1) is 5.39 Å². The number of nitrogens with zero attached hydrogens (tertiary/aromatic N) is 2. The highest BCUT2D eigenvalue weighted by Crippen LogP contribution is 2.47. The lowest BCUT2D eigenvalue weighted by atomic mass is 9.96. The molecule has 2 aliphatic rings. The standard InChI is InChI=1S/C14H15N3O2.C10H8N2O3S2.ClH/c15-6-8-1-2-9-3-4-17(7-10(9)5-8)12-11(16)13(18)14(12)19;1-3-5-4(2-16-3)17-9-6(5)8(13)11-7(12-9)10(14)15;/h1-2,5H,3-4,6-7,15-16H2;3H,2H2,1H3,(H,14,15)(H,11,12,13);1H. The van der Waals surface area contributed by atoms with Crippen molar-refractivity contribution in [2.24, 2.45) is 5.73 Å². The molecular formula is C24H24ClN5O5S2. The van der Waals surface area contributed by atoms with Crippen molar-refractivity contribution in [1.82, 2.24) is 9.97 Å². The molecule has 0 amide bonds. The lowest BCUT2D eigenvalue weighted by Gasteiger charge is -2.31. The third-order valence-electron chi connectivity index (χ3n) is 6.51. The van der Waals surface area contributed by atoms with Gasteiger partial charge in [0.1, 0.15) is 16.2 Å². The first-order valence-corrected chi connectivity index (χ1v) is 13.1. The van der Waals surface area contributed by atoms with Crippen molar-refractivity contribution in [3.63, 3.8) is 0 Å². The molecule has 0 fully saturated rings. The monoisotopic (exact) mass is 561 g/mol. The van der Waals surface area contributed by atoms with Gasteiger partial charge < -0.3 is 26.5 Å². The van der Waals surface area contributed by atoms with Gasteiger partial charge >= 0.3 is 5.97 Å². The highest BCUT2D eigenvalue weighted by atomic mass is 35.5. The smallest absolute Gasteiger partial charge is 0.372 e. The van der Waals surface area contributed by atoms with Crippen LogP contribution in [0.15, 0.2) is 32.6 Å². The van der Waals surface area contributed by atoms with Gasteiger partial charge in [0.15, 0.2) is 0 Å². The summed E-state index contributed by atoms with van der Waals surface area (Å²) in [5, 5.41) is 9.67. The minimum absolute atomic E-state index is 0. The van der Waals surface area contributed by atoms with Crippen LogP contribution in [0.3, 0.4) is 0 Å². The summed E-state index contributed by atoms with van der Waals surface area (Å²) < 4.78 is 0. The molecule has 0 bridgehead atoms. The largest absolute Gasteiger partial charge is 0.475 e. The number of carbonyl (C=O) groups is 1. The van der Waals surface area contributed by atoms with Crippen LogP contribution in [-0.4, -0.2) is 27.6 Å². The molecule has 6 rings (SSSR count). The molecule has 37 heavy (non-hydrogen) atoms. The summed E-state index contributed by atoms with van der Waals surface area (Å²) in [5.41, 5.74) is 14.9. The second-order valence-corrected chi connectivity index (χ2v) is 11.1. The van der Waals surface area contributed by atoms with Crippen molar-refractivity contribution >= 4 is 63.1 Å². The number of thiophene rings is 1. The van der Waals surface area contributed by atoms with Gasteiger partial charge in [-0.3, -0.25) is 14.4 Å². The number of rotatable bonds is 3. The lowest BCUT2D eigenvalue weighted by molar-refractivity contribution is 0.0683. The molecule has 6 N–H and O–H groups in total. The molecule has 4 heterocycles. The fourth-order valence-electron chi connectivity index (χ4n) is 4.64. The molecule has 0 saturated heterocycles. The third-order valence-corrected chi connectivity index (χ3v) is 8.98. The molecule has 0 radical (unpaired) electrons. The molecule has 2 aromatic carbocycles. The summed E-state index contributed by atoms with van der Waals surface area (Å²) in [6.07, 6.45) is 0.846. The number of hydrogen-bond donors (Lipinski definition) is 4. The Morgan fingerprint density at radius 2 is 2.00 bits per heavy atom. The molecule has 2 aliphatic heterocycles. The van der Waals surface area contributed by atoms with E-state index >= 15 is 0 Å². The van der Waals surface area contributed by atoms with E-state index in [1.54, 1.807) is 11.8 Å². The van der Waals surface area contributed by atoms with Crippen LogP contribution in [0.25, 0.3) is 10.2 Å². The van der Waals surface area contributed by atoms with Crippen molar-refractivity contribution in [3.8, 4) is 0 Å². The quantitative estimate of drug-likeness (QED) is 0.272. The van der Waals surface area contributed by atoms with E-state index in [4.69, 9.17) is 16.6 Å². The number of fused-ring (bicyclic) bond motifs is 4. The number of anilines is 2. The summed E-state index contributed by atoms with van der Waals surface area (Å²) in [5.74, 6) is -0.623. The average molecular weight is 562 g/mol. The average Bonchev–Trinajstić information content (AvgIpc) is 3.43. The number of aromatic nitrogens is 2. The molecule has 4 aromatic rings. The number of carboxylic acids is 1. The maximum absolute atomic E-state index is 11.9. The number of benzene rings is 1. The summed E-state index contributed by atoms with van der Waals surface area (Å²) >= 11 is 3.20. The maximum Gasteiger partial charge on any atom is 0.372 e. The zero-order valence-corrected chi connectivity index (χ0v) is 22.1. The normalized spacial score (nSPS) is 16.1. The van der Waals surface area contributed by atoms with Gasteiger partial charge in [-0.05, 0) is 35.6 Å². The zero-order chi connectivity index (χ0) is 25.7. The van der Waals surface area contributed by atoms with Gasteiger partial charge in [-0.15, -0.1) is 35.5 Å². The minimum atomic E-state index is -1.21. The number of aromatic carboxylic acids is 1. The van der Waals surface area contributed by atoms with Crippen molar-refractivity contribution in [2.45, 2.75) is 37.4 Å². The van der Waals surface area contributed by atoms with E-state index in [1.165, 1.54) is 16.9 Å². The molecule has 1 unspecified atom stereocenters. The Morgan fingerprint density at radius 3 is 2.68 bits per heavy atom. The van der Waals surface area contributed by atoms with Crippen LogP contribution < -0.4 is 32.8 Å². The molecule has 0 saturated carbocycles. The van der Waals surface area contributed by atoms with E-state index in [9.17, 15) is 19.2 Å². The lowest BCUT2D eigenvalue weighted by Crippen LogP contribution is -2.44. The fraction of sp³-hybridized carbons (Fsp3) is 0.292. The van der Waals surface area contributed by atoms with E-state index in [0.717, 1.165) is 33.7 Å². The molecule has 194 valence electrons. The molecule has 0 spiro atoms. The van der Waals surface area contributed by atoms with Crippen LogP contribution in [-0.2, 0) is 25.3 Å². The van der Waals surface area contributed by atoms with Gasteiger partial charge in [0.2, 0.25) is 5.82 Å². The van der Waals surface area contributed by atoms with E-state index in [2.05, 4.69) is 22.1 Å². The first-order valence-electron chi connectivity index (χ1n) is 11.2. The van der Waals surface area contributed by atoms with Crippen LogP contribution in [0, 0.1) is 0 Å². The second-order valence-electron chi connectivity index (χ2n) is 8.69. The summed E-state index contributed by atoms with van der Waals surface area (Å²) in [7, 11) is 0. The van der Waals surface area contributed by atoms with Crippen molar-refractivity contribution in [2.75, 3.05) is 17.2 Å². The Bertz CT molecular complexity index is 1660. The number of nitrogen functional groups attached to an aromatic ring is 1. The third kappa shape index (κ3) is 4.65. The van der Waals surface area contributed by atoms with Crippen molar-refractivity contribution in [3.05, 3.63) is 82.0 Å². The number of nitrogens with one attached hydrogen (secondary N) is 1. The predicted molar refractivity (Wildman–Crippen MR) is 149 cm³/mol. The number of thioether (sulfide) groups is 1. The Kier molecular flexibility index (Phi) is 7.47. The van der Waals surface area contributed by atoms with Crippen LogP contribution >= 0.6 is 35.5 Å². The SMILES string of the molecule is CC1SCc2sc3nc(C(=O)O)[nH]c(=O)c3c21.Cl.NCc1ccc2c(c1)CN(c1c(N)c(=O)c1=O)CC2. The highest BCUT2D eigenvalue weighted by Gasteiger charge is 2.28. The Morgan fingerprint density at radius 1 is 1.24 bits per heavy atom.